The van der Waals surface area contributed by atoms with E-state index in [1.54, 1.807) is 6.07 Å². The van der Waals surface area contributed by atoms with Crippen molar-refractivity contribution in [2.75, 3.05) is 19.5 Å². The van der Waals surface area contributed by atoms with Crippen molar-refractivity contribution in [3.63, 3.8) is 0 Å². The van der Waals surface area contributed by atoms with Crippen molar-refractivity contribution in [2.24, 2.45) is 0 Å². The minimum atomic E-state index is 0.0767. The van der Waals surface area contributed by atoms with Gasteiger partial charge in [0.05, 0.1) is 19.9 Å². The predicted octanol–water partition coefficient (Wildman–Crippen LogP) is 4.72. The summed E-state index contributed by atoms with van der Waals surface area (Å²) in [4.78, 5) is 7.74. The van der Waals surface area contributed by atoms with Crippen LogP contribution < -0.4 is 14.8 Å². The molecular formula is C13H11Cl4N3O2. The van der Waals surface area contributed by atoms with Gasteiger partial charge in [-0.3, -0.25) is 0 Å². The van der Waals surface area contributed by atoms with Gasteiger partial charge in [0.2, 0.25) is 5.28 Å². The first-order chi connectivity index (χ1) is 10.5. The molecule has 5 nitrogen and oxygen atoms in total. The van der Waals surface area contributed by atoms with E-state index in [-0.39, 0.29) is 10.4 Å². The summed E-state index contributed by atoms with van der Waals surface area (Å²) in [6.07, 6.45) is 1.52. The molecule has 1 aromatic carbocycles. The molecule has 1 N–H and O–H groups in total. The zero-order chi connectivity index (χ0) is 16.3. The summed E-state index contributed by atoms with van der Waals surface area (Å²) in [5, 5.41) is 4.06. The fourth-order valence-electron chi connectivity index (χ4n) is 1.71. The van der Waals surface area contributed by atoms with E-state index in [1.165, 1.54) is 20.4 Å². The predicted molar refractivity (Wildman–Crippen MR) is 88.9 cm³/mol. The summed E-state index contributed by atoms with van der Waals surface area (Å²) >= 11 is 24.2. The summed E-state index contributed by atoms with van der Waals surface area (Å²) in [5.41, 5.74) is 1.10. The SMILES string of the molecule is COc1cc(OC)c(Cl)c(NCc2cnc(Cl)nc2Cl)c1Cl. The number of nitrogens with zero attached hydrogens (tertiary/aromatic N) is 2. The number of aromatic nitrogens is 2. The summed E-state index contributed by atoms with van der Waals surface area (Å²) in [6.45, 7) is 0.297. The topological polar surface area (TPSA) is 56.3 Å². The maximum absolute atomic E-state index is 6.26. The van der Waals surface area contributed by atoms with Gasteiger partial charge in [-0.15, -0.1) is 0 Å². The number of rotatable bonds is 5. The van der Waals surface area contributed by atoms with Gasteiger partial charge in [-0.1, -0.05) is 34.8 Å². The molecule has 22 heavy (non-hydrogen) atoms. The fourth-order valence-corrected chi connectivity index (χ4v) is 2.72. The van der Waals surface area contributed by atoms with Crippen LogP contribution >= 0.6 is 46.4 Å². The van der Waals surface area contributed by atoms with Crippen LogP contribution in [-0.4, -0.2) is 24.2 Å². The van der Waals surface area contributed by atoms with Crippen molar-refractivity contribution in [1.29, 1.82) is 0 Å². The smallest absolute Gasteiger partial charge is 0.223 e. The van der Waals surface area contributed by atoms with Crippen molar-refractivity contribution in [3.8, 4) is 11.5 Å². The van der Waals surface area contributed by atoms with Gasteiger partial charge in [0, 0.05) is 24.4 Å². The molecule has 0 radical (unpaired) electrons. The third-order valence-electron chi connectivity index (χ3n) is 2.81. The molecule has 9 heteroatoms. The molecule has 0 saturated carbocycles. The van der Waals surface area contributed by atoms with Gasteiger partial charge in [0.25, 0.3) is 0 Å². The van der Waals surface area contributed by atoms with Crippen molar-refractivity contribution >= 4 is 52.1 Å². The Kier molecular flexibility index (Phi) is 5.81. The first-order valence-corrected chi connectivity index (χ1v) is 7.49. The van der Waals surface area contributed by atoms with Crippen LogP contribution in [0.2, 0.25) is 20.5 Å². The molecular weight excluding hydrogens is 372 g/mol. The highest BCUT2D eigenvalue weighted by Gasteiger charge is 2.17. The van der Waals surface area contributed by atoms with Crippen LogP contribution in [0.25, 0.3) is 0 Å². The molecule has 0 aliphatic heterocycles. The van der Waals surface area contributed by atoms with Gasteiger partial charge in [-0.05, 0) is 11.6 Å². The second-order valence-electron chi connectivity index (χ2n) is 4.09. The lowest BCUT2D eigenvalue weighted by molar-refractivity contribution is 0.395. The highest BCUT2D eigenvalue weighted by Crippen LogP contribution is 2.44. The van der Waals surface area contributed by atoms with E-state index >= 15 is 0 Å². The Bertz CT molecular complexity index is 669. The molecule has 1 heterocycles. The highest BCUT2D eigenvalue weighted by molar-refractivity contribution is 6.41. The number of anilines is 1. The van der Waals surface area contributed by atoms with Gasteiger partial charge in [-0.25, -0.2) is 9.97 Å². The maximum Gasteiger partial charge on any atom is 0.223 e. The third-order valence-corrected chi connectivity index (χ3v) is 4.07. The van der Waals surface area contributed by atoms with E-state index in [0.29, 0.717) is 39.3 Å². The average Bonchev–Trinajstić information content (AvgIpc) is 2.49. The molecule has 0 aliphatic rings. The molecule has 0 unspecified atom stereocenters. The Labute approximate surface area is 147 Å². The lowest BCUT2D eigenvalue weighted by atomic mass is 10.2. The minimum absolute atomic E-state index is 0.0767. The largest absolute Gasteiger partial charge is 0.495 e. The molecule has 2 rings (SSSR count). The second-order valence-corrected chi connectivity index (χ2v) is 5.54. The first-order valence-electron chi connectivity index (χ1n) is 5.98. The van der Waals surface area contributed by atoms with E-state index in [9.17, 15) is 0 Å². The van der Waals surface area contributed by atoms with Gasteiger partial charge in [0.15, 0.2) is 0 Å². The maximum atomic E-state index is 6.26. The molecule has 0 spiro atoms. The number of benzene rings is 1. The molecule has 0 fully saturated rings. The Morgan fingerprint density at radius 3 is 2.14 bits per heavy atom. The second kappa shape index (κ2) is 7.42. The summed E-state index contributed by atoms with van der Waals surface area (Å²) < 4.78 is 10.4. The Morgan fingerprint density at radius 1 is 1.05 bits per heavy atom. The van der Waals surface area contributed by atoms with Crippen LogP contribution in [0.15, 0.2) is 12.3 Å². The monoisotopic (exact) mass is 381 g/mol. The van der Waals surface area contributed by atoms with Gasteiger partial charge in [-0.2, -0.15) is 0 Å². The zero-order valence-corrected chi connectivity index (χ0v) is 14.6. The van der Waals surface area contributed by atoms with E-state index in [4.69, 9.17) is 55.9 Å². The van der Waals surface area contributed by atoms with Gasteiger partial charge < -0.3 is 14.8 Å². The third kappa shape index (κ3) is 3.60. The molecule has 0 bridgehead atoms. The van der Waals surface area contributed by atoms with Crippen molar-refractivity contribution in [2.45, 2.75) is 6.54 Å². The Morgan fingerprint density at radius 2 is 1.64 bits per heavy atom. The minimum Gasteiger partial charge on any atom is -0.495 e. The van der Waals surface area contributed by atoms with Crippen LogP contribution in [0.3, 0.4) is 0 Å². The number of hydrogen-bond acceptors (Lipinski definition) is 5. The van der Waals surface area contributed by atoms with Crippen molar-refractivity contribution < 1.29 is 9.47 Å². The van der Waals surface area contributed by atoms with E-state index in [1.807, 2.05) is 0 Å². The number of halogens is 4. The molecule has 1 aromatic heterocycles. The zero-order valence-electron chi connectivity index (χ0n) is 11.6. The number of hydrogen-bond donors (Lipinski definition) is 1. The molecule has 0 aliphatic carbocycles. The normalized spacial score (nSPS) is 10.5. The lowest BCUT2D eigenvalue weighted by Crippen LogP contribution is -2.04. The standard InChI is InChI=1S/C13H11Cl4N3O2/c1-21-7-3-8(22-2)10(15)11(9(7)14)18-4-6-5-19-13(17)20-12(6)16/h3,5,18H,4H2,1-2H3. The number of nitrogens with one attached hydrogen (secondary N) is 1. The van der Waals surface area contributed by atoms with E-state index in [2.05, 4.69) is 15.3 Å². The first kappa shape index (κ1) is 17.2. The highest BCUT2D eigenvalue weighted by atomic mass is 35.5. The average molecular weight is 383 g/mol. The Hall–Kier alpha value is -1.14. The fraction of sp³-hybridized carbons (Fsp3) is 0.231. The summed E-state index contributed by atoms with van der Waals surface area (Å²) in [5.74, 6) is 0.868. The lowest BCUT2D eigenvalue weighted by Gasteiger charge is -2.16. The van der Waals surface area contributed by atoms with Crippen LogP contribution in [0.5, 0.6) is 11.5 Å². The molecule has 118 valence electrons. The van der Waals surface area contributed by atoms with Crippen LogP contribution in [0.1, 0.15) is 5.56 Å². The van der Waals surface area contributed by atoms with Gasteiger partial charge >= 0.3 is 0 Å². The van der Waals surface area contributed by atoms with E-state index < -0.39 is 0 Å². The molecule has 2 aromatic rings. The number of ether oxygens (including phenoxy) is 2. The van der Waals surface area contributed by atoms with Gasteiger partial charge in [0.1, 0.15) is 26.7 Å². The van der Waals surface area contributed by atoms with Crippen LogP contribution in [0, 0.1) is 0 Å². The van der Waals surface area contributed by atoms with E-state index in [0.717, 1.165) is 0 Å². The molecule has 0 saturated heterocycles. The molecule has 0 atom stereocenters. The van der Waals surface area contributed by atoms with Crippen molar-refractivity contribution in [1.82, 2.24) is 9.97 Å². The van der Waals surface area contributed by atoms with Crippen LogP contribution in [-0.2, 0) is 6.54 Å². The summed E-state index contributed by atoms with van der Waals surface area (Å²) in [7, 11) is 3.00. The number of methoxy groups -OCH3 is 2. The summed E-state index contributed by atoms with van der Waals surface area (Å²) in [6, 6.07) is 1.61. The molecule has 0 amide bonds. The quantitative estimate of drug-likeness (QED) is 0.598. The van der Waals surface area contributed by atoms with Crippen LogP contribution in [0.4, 0.5) is 5.69 Å². The van der Waals surface area contributed by atoms with Crippen molar-refractivity contribution in [3.05, 3.63) is 38.3 Å². The Balaban J connectivity index is 2.32.